The zero-order valence-corrected chi connectivity index (χ0v) is 42.2. The lowest BCUT2D eigenvalue weighted by Gasteiger charge is -2.39. The highest BCUT2D eigenvalue weighted by Crippen LogP contribution is 2.66. The van der Waals surface area contributed by atoms with Crippen LogP contribution in [0.5, 0.6) is 23.0 Å². The quantitative estimate of drug-likeness (QED) is 0.172. The minimum absolute atomic E-state index is 0.556. The molecule has 17 rings (SSSR count). The Kier molecular flexibility index (Phi) is 8.94. The van der Waals surface area contributed by atoms with Gasteiger partial charge in [0, 0.05) is 50.0 Å². The third-order valence-corrected chi connectivity index (χ3v) is 17.2. The van der Waals surface area contributed by atoms with Gasteiger partial charge in [0.25, 0.3) is 0 Å². The van der Waals surface area contributed by atoms with Crippen molar-refractivity contribution in [1.29, 1.82) is 0 Å². The zero-order valence-electron chi connectivity index (χ0n) is 42.2. The van der Waals surface area contributed by atoms with Crippen molar-refractivity contribution in [3.63, 3.8) is 0 Å². The highest BCUT2D eigenvalue weighted by atomic mass is 16.5. The van der Waals surface area contributed by atoms with Gasteiger partial charge in [-0.1, -0.05) is 206 Å². The molecule has 1 aromatic heterocycles. The van der Waals surface area contributed by atoms with Gasteiger partial charge in [0.2, 0.25) is 0 Å². The number of furan rings is 1. The number of ether oxygens (including phenoxy) is 2. The van der Waals surface area contributed by atoms with Crippen LogP contribution in [-0.4, -0.2) is 0 Å². The van der Waals surface area contributed by atoms with Crippen LogP contribution in [0.2, 0.25) is 0 Å². The van der Waals surface area contributed by atoms with Crippen molar-refractivity contribution in [2.24, 2.45) is 0 Å². The molecule has 0 fully saturated rings. The standard InChI is InChI=1S/C74H45NO3/c1-4-23-55-52(18-1)70-50(21-15-29-61(70)73(55)57-25-6-11-33-65(57)77-66-34-12-7-26-58(66)73)46-38-42-48(43-39-46)75(49-44-40-47(41-45-49)51-22-16-37-69-71(51)54-20-3-10-32-64(54)76-69)63-31-17-30-62-72(63)53-19-2-5-24-56(53)74(62)59-27-8-13-35-67(59)78-68-36-14-9-28-60(68)74/h1-45H. The van der Waals surface area contributed by atoms with E-state index in [2.05, 4.69) is 266 Å². The molecule has 0 bridgehead atoms. The second kappa shape index (κ2) is 16.2. The van der Waals surface area contributed by atoms with E-state index in [4.69, 9.17) is 13.9 Å². The summed E-state index contributed by atoms with van der Waals surface area (Å²) in [7, 11) is 0. The normalized spacial score (nSPS) is 14.1. The monoisotopic (exact) mass is 995 g/mol. The van der Waals surface area contributed by atoms with E-state index in [-0.39, 0.29) is 0 Å². The van der Waals surface area contributed by atoms with Gasteiger partial charge >= 0.3 is 0 Å². The lowest BCUT2D eigenvalue weighted by molar-refractivity contribution is 0.436. The summed E-state index contributed by atoms with van der Waals surface area (Å²) in [5, 5.41) is 2.24. The maximum absolute atomic E-state index is 6.74. The van der Waals surface area contributed by atoms with E-state index in [0.717, 1.165) is 101 Å². The molecule has 0 saturated heterocycles. The summed E-state index contributed by atoms with van der Waals surface area (Å²) < 4.78 is 19.8. The molecule has 12 aromatic carbocycles. The highest BCUT2D eigenvalue weighted by molar-refractivity contribution is 6.12. The Bertz CT molecular complexity index is 4550. The number of fused-ring (bicyclic) bond motifs is 21. The summed E-state index contributed by atoms with van der Waals surface area (Å²) in [6, 6.07) is 99.1. The number of rotatable bonds is 5. The first kappa shape index (κ1) is 43.1. The van der Waals surface area contributed by atoms with Crippen LogP contribution in [0, 0.1) is 0 Å². The SMILES string of the molecule is c1ccc2c(c1)Oc1ccccc1C21c2ccccc2-c2c(-c3ccc(N(c4ccc(-c5cccc6oc7ccccc7c56)cc4)c4cccc5c4-c4ccccc4C54c5ccccc5Oc5ccccc54)cc3)cccc21. The second-order valence-electron chi connectivity index (χ2n) is 20.9. The average Bonchev–Trinajstić information content (AvgIpc) is 4.15. The Labute approximate surface area is 451 Å². The molecular weight excluding hydrogens is 951 g/mol. The second-order valence-corrected chi connectivity index (χ2v) is 20.9. The molecule has 364 valence electrons. The third kappa shape index (κ3) is 5.68. The summed E-state index contributed by atoms with van der Waals surface area (Å²) in [5.74, 6) is 3.53. The summed E-state index contributed by atoms with van der Waals surface area (Å²) in [4.78, 5) is 2.46. The number of anilines is 3. The molecule has 0 saturated carbocycles. The van der Waals surface area contributed by atoms with E-state index >= 15 is 0 Å². The molecule has 4 heteroatoms. The largest absolute Gasteiger partial charge is 0.457 e. The number of para-hydroxylation sites is 5. The lowest BCUT2D eigenvalue weighted by atomic mass is 9.66. The molecule has 13 aromatic rings. The fourth-order valence-electron chi connectivity index (χ4n) is 14.2. The minimum Gasteiger partial charge on any atom is -0.457 e. The summed E-state index contributed by atoms with van der Waals surface area (Å²) in [6.45, 7) is 0. The first-order valence-corrected chi connectivity index (χ1v) is 26.8. The van der Waals surface area contributed by atoms with Crippen LogP contribution in [0.1, 0.15) is 44.5 Å². The molecule has 4 nitrogen and oxygen atoms in total. The predicted molar refractivity (Wildman–Crippen MR) is 314 cm³/mol. The van der Waals surface area contributed by atoms with Gasteiger partial charge in [0.1, 0.15) is 34.2 Å². The van der Waals surface area contributed by atoms with E-state index in [0.29, 0.717) is 0 Å². The van der Waals surface area contributed by atoms with Crippen molar-refractivity contribution in [1.82, 2.24) is 0 Å². The van der Waals surface area contributed by atoms with Gasteiger partial charge in [-0.05, 0) is 128 Å². The fraction of sp³-hybridized carbons (Fsp3) is 0.0270. The number of hydrogen-bond donors (Lipinski definition) is 0. The molecule has 2 aliphatic carbocycles. The summed E-state index contributed by atoms with van der Waals surface area (Å²) >= 11 is 0. The molecular formula is C74H45NO3. The van der Waals surface area contributed by atoms with Crippen LogP contribution in [0.3, 0.4) is 0 Å². The molecule has 0 N–H and O–H groups in total. The zero-order chi connectivity index (χ0) is 51.1. The molecule has 2 aliphatic heterocycles. The molecule has 0 amide bonds. The number of nitrogens with zero attached hydrogens (tertiary/aromatic N) is 1. The minimum atomic E-state index is -0.619. The first-order chi connectivity index (χ1) is 38.7. The lowest BCUT2D eigenvalue weighted by Crippen LogP contribution is -2.32. The van der Waals surface area contributed by atoms with Crippen LogP contribution in [-0.2, 0) is 10.8 Å². The van der Waals surface area contributed by atoms with E-state index < -0.39 is 10.8 Å². The van der Waals surface area contributed by atoms with Crippen LogP contribution < -0.4 is 14.4 Å². The Morgan fingerprint density at radius 1 is 0.269 bits per heavy atom. The van der Waals surface area contributed by atoms with Gasteiger partial charge in [0.05, 0.1) is 16.5 Å². The van der Waals surface area contributed by atoms with Crippen molar-refractivity contribution < 1.29 is 13.9 Å². The van der Waals surface area contributed by atoms with Gasteiger partial charge in [-0.2, -0.15) is 0 Å². The van der Waals surface area contributed by atoms with Crippen molar-refractivity contribution in [3.05, 3.63) is 317 Å². The Morgan fingerprint density at radius 3 is 1.22 bits per heavy atom. The van der Waals surface area contributed by atoms with Gasteiger partial charge < -0.3 is 18.8 Å². The predicted octanol–water partition coefficient (Wildman–Crippen LogP) is 19.3. The van der Waals surface area contributed by atoms with E-state index in [1.54, 1.807) is 0 Å². The van der Waals surface area contributed by atoms with Crippen LogP contribution in [0.4, 0.5) is 17.1 Å². The molecule has 3 heterocycles. The maximum Gasteiger partial charge on any atom is 0.136 e. The Balaban J connectivity index is 0.870. The Hall–Kier alpha value is -10.2. The third-order valence-electron chi connectivity index (χ3n) is 17.2. The van der Waals surface area contributed by atoms with Crippen LogP contribution >= 0.6 is 0 Å². The van der Waals surface area contributed by atoms with E-state index in [9.17, 15) is 0 Å². The van der Waals surface area contributed by atoms with E-state index in [1.807, 2.05) is 12.1 Å². The fourth-order valence-corrected chi connectivity index (χ4v) is 14.2. The van der Waals surface area contributed by atoms with Crippen molar-refractivity contribution in [2.75, 3.05) is 4.90 Å². The molecule has 0 radical (unpaired) electrons. The average molecular weight is 996 g/mol. The van der Waals surface area contributed by atoms with Gasteiger partial charge in [0.15, 0.2) is 0 Å². The van der Waals surface area contributed by atoms with Crippen molar-refractivity contribution in [3.8, 4) is 67.5 Å². The first-order valence-electron chi connectivity index (χ1n) is 26.8. The van der Waals surface area contributed by atoms with Gasteiger partial charge in [-0.25, -0.2) is 0 Å². The topological polar surface area (TPSA) is 34.8 Å². The summed E-state index contributed by atoms with van der Waals surface area (Å²) in [6.07, 6.45) is 0. The van der Waals surface area contributed by atoms with Crippen LogP contribution in [0.15, 0.2) is 277 Å². The molecule has 0 unspecified atom stereocenters. The van der Waals surface area contributed by atoms with Crippen molar-refractivity contribution >= 4 is 39.0 Å². The molecule has 78 heavy (non-hydrogen) atoms. The highest BCUT2D eigenvalue weighted by Gasteiger charge is 2.53. The number of hydrogen-bond acceptors (Lipinski definition) is 4. The van der Waals surface area contributed by atoms with Crippen LogP contribution in [0.25, 0.3) is 66.4 Å². The molecule has 2 spiro atoms. The van der Waals surface area contributed by atoms with E-state index in [1.165, 1.54) is 50.1 Å². The summed E-state index contributed by atoms with van der Waals surface area (Å²) in [5.41, 5.74) is 22.9. The maximum atomic E-state index is 6.74. The van der Waals surface area contributed by atoms with Gasteiger partial charge in [-0.15, -0.1) is 0 Å². The van der Waals surface area contributed by atoms with Gasteiger partial charge in [-0.3, -0.25) is 0 Å². The number of benzene rings is 12. The molecule has 4 aliphatic rings. The van der Waals surface area contributed by atoms with Crippen molar-refractivity contribution in [2.45, 2.75) is 10.8 Å². The Morgan fingerprint density at radius 2 is 0.654 bits per heavy atom. The smallest absolute Gasteiger partial charge is 0.136 e. The molecule has 0 atom stereocenters.